The number of anilines is 1. The summed E-state index contributed by atoms with van der Waals surface area (Å²) in [7, 11) is 0. The summed E-state index contributed by atoms with van der Waals surface area (Å²) in [6, 6.07) is 6.38. The van der Waals surface area contributed by atoms with Crippen LogP contribution >= 0.6 is 11.3 Å². The summed E-state index contributed by atoms with van der Waals surface area (Å²) in [5.41, 5.74) is 1.10. The minimum absolute atomic E-state index is 0.280. The number of hydrogen-bond acceptors (Lipinski definition) is 6. The van der Waals surface area contributed by atoms with Crippen molar-refractivity contribution >= 4 is 26.8 Å². The number of morpholine rings is 1. The highest BCUT2D eigenvalue weighted by Gasteiger charge is 2.18. The fraction of sp³-hybridized carbons (Fsp3) is 0.312. The molecule has 124 valence electrons. The topological polar surface area (TPSA) is 60.2 Å². The molecule has 8 heteroatoms. The van der Waals surface area contributed by atoms with Gasteiger partial charge in [-0.2, -0.15) is 4.98 Å². The minimum Gasteiger partial charge on any atom is -0.378 e. The molecule has 0 spiro atoms. The third-order valence-electron chi connectivity index (χ3n) is 3.90. The van der Waals surface area contributed by atoms with Crippen molar-refractivity contribution in [2.45, 2.75) is 6.54 Å². The highest BCUT2D eigenvalue weighted by atomic mass is 32.1. The van der Waals surface area contributed by atoms with Crippen LogP contribution in [0.5, 0.6) is 0 Å². The van der Waals surface area contributed by atoms with Crippen molar-refractivity contribution in [2.24, 2.45) is 0 Å². The quantitative estimate of drug-likeness (QED) is 0.725. The van der Waals surface area contributed by atoms with Crippen molar-refractivity contribution in [1.82, 2.24) is 14.5 Å². The number of fused-ring (bicyclic) bond motifs is 1. The molecule has 3 heterocycles. The Labute approximate surface area is 141 Å². The lowest BCUT2D eigenvalue weighted by atomic mass is 10.2. The second-order valence-corrected chi connectivity index (χ2v) is 6.53. The summed E-state index contributed by atoms with van der Waals surface area (Å²) >= 11 is 1.35. The second-order valence-electron chi connectivity index (χ2n) is 5.56. The van der Waals surface area contributed by atoms with E-state index in [2.05, 4.69) is 14.9 Å². The number of benzene rings is 1. The summed E-state index contributed by atoms with van der Waals surface area (Å²) in [6.07, 6.45) is 1.47. The first kappa shape index (κ1) is 15.2. The molecular weight excluding hydrogens is 331 g/mol. The maximum absolute atomic E-state index is 13.4. The van der Waals surface area contributed by atoms with E-state index in [1.54, 1.807) is 10.6 Å². The summed E-state index contributed by atoms with van der Waals surface area (Å²) in [5.74, 6) is -0.287. The van der Waals surface area contributed by atoms with Gasteiger partial charge in [-0.25, -0.2) is 9.37 Å². The Morgan fingerprint density at radius 3 is 2.92 bits per heavy atom. The van der Waals surface area contributed by atoms with Gasteiger partial charge in [-0.1, -0.05) is 23.5 Å². The highest BCUT2D eigenvalue weighted by molar-refractivity contribution is 7.22. The lowest BCUT2D eigenvalue weighted by Crippen LogP contribution is -2.36. The highest BCUT2D eigenvalue weighted by Crippen LogP contribution is 2.27. The van der Waals surface area contributed by atoms with Crippen LogP contribution in [-0.2, 0) is 11.3 Å². The van der Waals surface area contributed by atoms with Crippen molar-refractivity contribution in [3.63, 3.8) is 0 Å². The smallest absolute Gasteiger partial charge is 0.292 e. The molecule has 4 rings (SSSR count). The van der Waals surface area contributed by atoms with Crippen molar-refractivity contribution in [3.05, 3.63) is 52.3 Å². The molecule has 1 fully saturated rings. The van der Waals surface area contributed by atoms with E-state index in [-0.39, 0.29) is 11.4 Å². The van der Waals surface area contributed by atoms with E-state index in [9.17, 15) is 9.18 Å². The van der Waals surface area contributed by atoms with Gasteiger partial charge in [-0.15, -0.1) is 0 Å². The first-order valence-corrected chi connectivity index (χ1v) is 8.45. The van der Waals surface area contributed by atoms with E-state index in [0.717, 1.165) is 23.8 Å². The van der Waals surface area contributed by atoms with E-state index in [0.29, 0.717) is 30.1 Å². The Kier molecular flexibility index (Phi) is 3.99. The van der Waals surface area contributed by atoms with E-state index in [1.165, 1.54) is 29.8 Å². The Balaban J connectivity index is 1.74. The predicted molar refractivity (Wildman–Crippen MR) is 90.2 cm³/mol. The number of rotatable bonds is 3. The van der Waals surface area contributed by atoms with Gasteiger partial charge in [-0.05, 0) is 17.7 Å². The third kappa shape index (κ3) is 2.90. The molecule has 0 radical (unpaired) electrons. The average Bonchev–Trinajstić information content (AvgIpc) is 3.05. The molecule has 1 aliphatic heterocycles. The zero-order valence-corrected chi connectivity index (χ0v) is 13.6. The molecule has 0 saturated carbocycles. The van der Waals surface area contributed by atoms with Crippen LogP contribution < -0.4 is 10.5 Å². The van der Waals surface area contributed by atoms with Crippen LogP contribution in [0.1, 0.15) is 5.56 Å². The Bertz CT molecular complexity index is 933. The maximum Gasteiger partial charge on any atom is 0.292 e. The van der Waals surface area contributed by atoms with Gasteiger partial charge < -0.3 is 14.2 Å². The molecule has 0 unspecified atom stereocenters. The van der Waals surface area contributed by atoms with E-state index >= 15 is 0 Å². The zero-order valence-electron chi connectivity index (χ0n) is 12.8. The standard InChI is InChI=1S/C16H15FN4O2S/c17-12-3-1-2-11(8-12)9-21-10-18-15(22)13-14(21)19-16(24-13)20-4-6-23-7-5-20/h1-3,8,10H,4-7,9H2. The summed E-state index contributed by atoms with van der Waals surface area (Å²) in [4.78, 5) is 22.7. The van der Waals surface area contributed by atoms with Crippen molar-refractivity contribution in [3.8, 4) is 0 Å². The lowest BCUT2D eigenvalue weighted by Gasteiger charge is -2.25. The second kappa shape index (κ2) is 6.29. The number of aromatic nitrogens is 3. The fourth-order valence-corrected chi connectivity index (χ4v) is 3.73. The van der Waals surface area contributed by atoms with Crippen LogP contribution in [0.25, 0.3) is 10.3 Å². The van der Waals surface area contributed by atoms with Crippen molar-refractivity contribution < 1.29 is 9.13 Å². The minimum atomic E-state index is -0.287. The molecule has 1 aromatic carbocycles. The molecule has 0 aliphatic carbocycles. The zero-order chi connectivity index (χ0) is 16.5. The SMILES string of the molecule is O=c1ncn(Cc2cccc(F)c2)c2nc(N3CCOCC3)sc12. The molecule has 1 saturated heterocycles. The van der Waals surface area contributed by atoms with Crippen LogP contribution in [0.3, 0.4) is 0 Å². The van der Waals surface area contributed by atoms with Gasteiger partial charge in [0.25, 0.3) is 5.56 Å². The van der Waals surface area contributed by atoms with Gasteiger partial charge in [0.1, 0.15) is 16.8 Å². The molecule has 2 aromatic heterocycles. The largest absolute Gasteiger partial charge is 0.378 e. The fourth-order valence-electron chi connectivity index (χ4n) is 2.71. The lowest BCUT2D eigenvalue weighted by molar-refractivity contribution is 0.122. The predicted octanol–water partition coefficient (Wildman–Crippen LogP) is 1.88. The number of thiazole rings is 1. The number of hydrogen-bond donors (Lipinski definition) is 0. The van der Waals surface area contributed by atoms with E-state index in [1.807, 2.05) is 6.07 Å². The number of halogens is 1. The molecule has 24 heavy (non-hydrogen) atoms. The Morgan fingerprint density at radius 1 is 1.29 bits per heavy atom. The maximum atomic E-state index is 13.4. The molecular formula is C16H15FN4O2S. The van der Waals surface area contributed by atoms with Gasteiger partial charge in [0.2, 0.25) is 0 Å². The Morgan fingerprint density at radius 2 is 2.12 bits per heavy atom. The van der Waals surface area contributed by atoms with E-state index < -0.39 is 0 Å². The summed E-state index contributed by atoms with van der Waals surface area (Å²) < 4.78 is 21.0. The van der Waals surface area contributed by atoms with Gasteiger partial charge in [-0.3, -0.25) is 4.79 Å². The third-order valence-corrected chi connectivity index (χ3v) is 5.00. The van der Waals surface area contributed by atoms with Crippen LogP contribution in [0.4, 0.5) is 9.52 Å². The average molecular weight is 346 g/mol. The normalized spacial score (nSPS) is 15.1. The summed E-state index contributed by atoms with van der Waals surface area (Å²) in [6.45, 7) is 3.23. The number of ether oxygens (including phenoxy) is 1. The van der Waals surface area contributed by atoms with Crippen LogP contribution in [0, 0.1) is 5.82 Å². The Hall–Kier alpha value is -2.32. The van der Waals surface area contributed by atoms with Crippen LogP contribution in [-0.4, -0.2) is 40.8 Å². The number of nitrogens with zero attached hydrogens (tertiary/aromatic N) is 4. The van der Waals surface area contributed by atoms with Crippen molar-refractivity contribution in [2.75, 3.05) is 31.2 Å². The monoisotopic (exact) mass is 346 g/mol. The van der Waals surface area contributed by atoms with Crippen molar-refractivity contribution in [1.29, 1.82) is 0 Å². The molecule has 0 atom stereocenters. The molecule has 0 N–H and O–H groups in total. The van der Waals surface area contributed by atoms with Gasteiger partial charge in [0, 0.05) is 13.1 Å². The molecule has 1 aliphatic rings. The first-order valence-electron chi connectivity index (χ1n) is 7.64. The molecule has 6 nitrogen and oxygen atoms in total. The van der Waals surface area contributed by atoms with Crippen LogP contribution in [0.2, 0.25) is 0 Å². The van der Waals surface area contributed by atoms with Crippen LogP contribution in [0.15, 0.2) is 35.4 Å². The summed E-state index contributed by atoms with van der Waals surface area (Å²) in [5, 5.41) is 0.798. The molecule has 3 aromatic rings. The van der Waals surface area contributed by atoms with Gasteiger partial charge in [0.05, 0.1) is 19.8 Å². The van der Waals surface area contributed by atoms with Gasteiger partial charge >= 0.3 is 0 Å². The molecule has 0 bridgehead atoms. The van der Waals surface area contributed by atoms with E-state index in [4.69, 9.17) is 4.74 Å². The van der Waals surface area contributed by atoms with Gasteiger partial charge in [0.15, 0.2) is 10.8 Å². The first-order chi connectivity index (χ1) is 11.7. The molecule has 0 amide bonds.